The Morgan fingerprint density at radius 2 is 1.52 bits per heavy atom. The number of fused-ring (bicyclic) bond motifs is 4. The van der Waals surface area contributed by atoms with Gasteiger partial charge in [-0.1, -0.05) is 24.3 Å². The van der Waals surface area contributed by atoms with E-state index < -0.39 is 23.9 Å². The zero-order chi connectivity index (χ0) is 45.5. The van der Waals surface area contributed by atoms with Gasteiger partial charge in [-0.3, -0.25) is 19.2 Å². The zero-order valence-corrected chi connectivity index (χ0v) is 36.0. The number of carboxylic acids is 2. The molecule has 1 unspecified atom stereocenters. The van der Waals surface area contributed by atoms with Gasteiger partial charge in [0.25, 0.3) is 5.91 Å². The first kappa shape index (κ1) is 44.4. The van der Waals surface area contributed by atoms with Gasteiger partial charge < -0.3 is 45.0 Å². The van der Waals surface area contributed by atoms with Crippen LogP contribution in [0.5, 0.6) is 17.2 Å². The van der Waals surface area contributed by atoms with Crippen LogP contribution in [0, 0.1) is 0 Å². The summed E-state index contributed by atoms with van der Waals surface area (Å²) in [6, 6.07) is 28.3. The molecule has 7 rings (SSSR count). The van der Waals surface area contributed by atoms with E-state index in [2.05, 4.69) is 16.0 Å². The summed E-state index contributed by atoms with van der Waals surface area (Å²) in [7, 11) is 7.72. The Morgan fingerprint density at radius 1 is 0.750 bits per heavy atom. The lowest BCUT2D eigenvalue weighted by Gasteiger charge is -2.29. The van der Waals surface area contributed by atoms with Crippen molar-refractivity contribution in [3.63, 3.8) is 0 Å². The van der Waals surface area contributed by atoms with Crippen molar-refractivity contribution < 1.29 is 48.1 Å². The SMILES string of the molecule is CN(C)c1ccc2c(-c3ccc(C(=O)NCCNC(=O)CCCCOc4ccc5c(c4)Oc4ccccc4C5NC(=O)CCC(=O)O)cc3C(=O)O)c3ccc(=[N+](C)C)cc-3oc2c1. The summed E-state index contributed by atoms with van der Waals surface area (Å²) >= 11 is 0. The van der Waals surface area contributed by atoms with E-state index in [1.165, 1.54) is 6.07 Å². The largest absolute Gasteiger partial charge is 0.493 e. The third-order valence-electron chi connectivity index (χ3n) is 10.9. The van der Waals surface area contributed by atoms with Gasteiger partial charge >= 0.3 is 11.9 Å². The summed E-state index contributed by atoms with van der Waals surface area (Å²) in [6.07, 6.45) is 0.971. The summed E-state index contributed by atoms with van der Waals surface area (Å²) in [6.45, 7) is 0.652. The summed E-state index contributed by atoms with van der Waals surface area (Å²) in [5, 5.41) is 29.6. The van der Waals surface area contributed by atoms with Crippen molar-refractivity contribution in [3.05, 3.63) is 125 Å². The first-order valence-corrected chi connectivity index (χ1v) is 20.9. The number of aromatic carboxylic acids is 1. The quantitative estimate of drug-likeness (QED) is 0.0393. The topological polar surface area (TPSA) is 200 Å². The molecular formula is C49H50N5O10+. The predicted octanol–water partition coefficient (Wildman–Crippen LogP) is 6.27. The van der Waals surface area contributed by atoms with Gasteiger partial charge in [-0.2, -0.15) is 0 Å². The van der Waals surface area contributed by atoms with Crippen LogP contribution in [0.3, 0.4) is 0 Å². The molecule has 0 saturated heterocycles. The molecular weight excluding hydrogens is 819 g/mol. The molecule has 0 fully saturated rings. The molecule has 3 amide bonds. The number of hydrogen-bond donors (Lipinski definition) is 5. The van der Waals surface area contributed by atoms with Crippen molar-refractivity contribution >= 4 is 46.3 Å². The van der Waals surface area contributed by atoms with E-state index in [0.717, 1.165) is 27.6 Å². The molecule has 1 atom stereocenters. The third kappa shape index (κ3) is 10.2. The highest BCUT2D eigenvalue weighted by molar-refractivity contribution is 6.09. The average Bonchev–Trinajstić information content (AvgIpc) is 3.27. The Bertz CT molecular complexity index is 2810. The fraction of sp³-hybridized carbons (Fsp3) is 0.265. The summed E-state index contributed by atoms with van der Waals surface area (Å²) in [5.74, 6) is -1.06. The van der Waals surface area contributed by atoms with Gasteiger partial charge in [-0.05, 0) is 66.9 Å². The predicted molar refractivity (Wildman–Crippen MR) is 241 cm³/mol. The monoisotopic (exact) mass is 868 g/mol. The number of para-hydroxylation sites is 1. The molecule has 1 aliphatic carbocycles. The maximum absolute atomic E-state index is 13.2. The number of nitrogens with one attached hydrogen (secondary N) is 3. The Kier molecular flexibility index (Phi) is 13.6. The molecule has 64 heavy (non-hydrogen) atoms. The first-order valence-electron chi connectivity index (χ1n) is 20.9. The molecule has 0 saturated carbocycles. The normalized spacial score (nSPS) is 12.7. The summed E-state index contributed by atoms with van der Waals surface area (Å²) < 4.78 is 20.4. The molecule has 2 aliphatic heterocycles. The third-order valence-corrected chi connectivity index (χ3v) is 10.9. The standard InChI is InChI=1S/C49H49N5O10/c1-53(2)30-13-17-34-40(26-30)64-41-27-31(54(3)4)14-18-35(41)46(34)33-16-12-29(25-38(33)49(60)61)48(59)51-23-22-50-43(55)11-7-8-24-62-32-15-19-37-42(28-32)63-39-10-6-5-9-36(39)47(37)52-44(56)20-21-45(57)58/h5-6,9-10,12-19,25-28,47H,7-8,11,20-24H2,1-4H3,(H4-,50,51,52,55,56,57,58,59,60,61)/p+1. The summed E-state index contributed by atoms with van der Waals surface area (Å²) in [4.78, 5) is 64.1. The number of anilines is 1. The molecule has 0 spiro atoms. The van der Waals surface area contributed by atoms with Crippen molar-refractivity contribution in [2.75, 3.05) is 52.8 Å². The highest BCUT2D eigenvalue weighted by Gasteiger charge is 2.29. The molecule has 330 valence electrons. The molecule has 0 aromatic heterocycles. The van der Waals surface area contributed by atoms with Crippen LogP contribution in [0.4, 0.5) is 5.69 Å². The van der Waals surface area contributed by atoms with Crippen LogP contribution >= 0.6 is 0 Å². The Labute approximate surface area is 369 Å². The molecule has 0 bridgehead atoms. The smallest absolute Gasteiger partial charge is 0.336 e. The van der Waals surface area contributed by atoms with E-state index in [1.807, 2.05) is 92.3 Å². The first-order chi connectivity index (χ1) is 30.8. The second kappa shape index (κ2) is 19.6. The lowest BCUT2D eigenvalue weighted by Crippen LogP contribution is -2.34. The Balaban J connectivity index is 0.911. The van der Waals surface area contributed by atoms with Crippen molar-refractivity contribution in [2.24, 2.45) is 0 Å². The van der Waals surface area contributed by atoms with E-state index in [4.69, 9.17) is 19.0 Å². The lowest BCUT2D eigenvalue weighted by molar-refractivity contribution is -0.138. The number of nitrogens with zero attached hydrogens (tertiary/aromatic N) is 2. The van der Waals surface area contributed by atoms with Crippen LogP contribution in [0.15, 0.2) is 101 Å². The zero-order valence-electron chi connectivity index (χ0n) is 36.0. The van der Waals surface area contributed by atoms with Crippen molar-refractivity contribution in [2.45, 2.75) is 38.1 Å². The van der Waals surface area contributed by atoms with Gasteiger partial charge in [0.05, 0.1) is 30.7 Å². The molecule has 5 N–H and O–H groups in total. The molecule has 15 heteroatoms. The maximum Gasteiger partial charge on any atom is 0.336 e. The minimum atomic E-state index is -1.19. The number of ether oxygens (including phenoxy) is 2. The lowest BCUT2D eigenvalue weighted by atomic mass is 9.89. The highest BCUT2D eigenvalue weighted by Crippen LogP contribution is 2.45. The number of hydrogen-bond acceptors (Lipinski definition) is 9. The number of aliphatic carboxylic acids is 1. The van der Waals surface area contributed by atoms with Gasteiger partial charge in [0.1, 0.15) is 42.7 Å². The molecule has 3 aliphatic rings. The fourth-order valence-electron chi connectivity index (χ4n) is 7.58. The van der Waals surface area contributed by atoms with Gasteiger partial charge in [0, 0.05) is 97.1 Å². The van der Waals surface area contributed by atoms with E-state index in [1.54, 1.807) is 36.4 Å². The second-order valence-corrected chi connectivity index (χ2v) is 15.8. The number of benzene rings is 5. The fourth-order valence-corrected chi connectivity index (χ4v) is 7.58. The number of rotatable bonds is 17. The van der Waals surface area contributed by atoms with Crippen LogP contribution in [-0.2, 0) is 14.4 Å². The van der Waals surface area contributed by atoms with Crippen LogP contribution < -0.4 is 40.3 Å². The Hall–Kier alpha value is -7.68. The minimum absolute atomic E-state index is 0.0387. The second-order valence-electron chi connectivity index (χ2n) is 15.8. The van der Waals surface area contributed by atoms with Crippen LogP contribution in [0.25, 0.3) is 33.4 Å². The van der Waals surface area contributed by atoms with E-state index >= 15 is 0 Å². The van der Waals surface area contributed by atoms with Gasteiger partial charge in [-0.25, -0.2) is 9.37 Å². The molecule has 4 aromatic rings. The minimum Gasteiger partial charge on any atom is -0.493 e. The molecule has 15 nitrogen and oxygen atoms in total. The highest BCUT2D eigenvalue weighted by atomic mass is 16.5. The van der Waals surface area contributed by atoms with Gasteiger partial charge in [0.15, 0.2) is 0 Å². The number of carboxylic acid groups (broad SMARTS) is 2. The average molecular weight is 869 g/mol. The van der Waals surface area contributed by atoms with Gasteiger partial charge in [-0.15, -0.1) is 0 Å². The van der Waals surface area contributed by atoms with E-state index in [-0.39, 0.29) is 55.3 Å². The molecule has 4 aromatic carbocycles. The summed E-state index contributed by atoms with van der Waals surface area (Å²) in [5.41, 5.74) is 4.96. The van der Waals surface area contributed by atoms with Gasteiger partial charge in [0.2, 0.25) is 17.2 Å². The maximum atomic E-state index is 13.2. The van der Waals surface area contributed by atoms with Crippen molar-refractivity contribution in [1.82, 2.24) is 20.5 Å². The van der Waals surface area contributed by atoms with E-state index in [9.17, 15) is 29.1 Å². The van der Waals surface area contributed by atoms with Crippen LogP contribution in [-0.4, -0.2) is 87.8 Å². The Morgan fingerprint density at radius 3 is 2.28 bits per heavy atom. The molecule has 2 heterocycles. The number of amides is 3. The van der Waals surface area contributed by atoms with Crippen molar-refractivity contribution in [1.29, 1.82) is 0 Å². The number of carbonyl (C=O) groups is 5. The van der Waals surface area contributed by atoms with Crippen LogP contribution in [0.1, 0.15) is 70.0 Å². The van der Waals surface area contributed by atoms with Crippen molar-refractivity contribution in [3.8, 4) is 39.7 Å². The number of carbonyl (C=O) groups excluding carboxylic acids is 3. The molecule has 0 radical (unpaired) electrons. The van der Waals surface area contributed by atoms with Crippen LogP contribution in [0.2, 0.25) is 0 Å². The number of unbranched alkanes of at least 4 members (excludes halogenated alkanes) is 1. The van der Waals surface area contributed by atoms with E-state index in [0.29, 0.717) is 64.7 Å².